The number of hydrogen-bond donors (Lipinski definition) is 0. The highest BCUT2D eigenvalue weighted by Crippen LogP contribution is 2.24. The van der Waals surface area contributed by atoms with Gasteiger partial charge in [-0.2, -0.15) is 9.29 Å². The fraction of sp³-hybridized carbons (Fsp3) is 0.375. The Hall–Kier alpha value is -1.97. The molecule has 0 N–H and O–H groups in total. The van der Waals surface area contributed by atoms with Crippen molar-refractivity contribution in [1.29, 1.82) is 0 Å². The molecule has 26 heavy (non-hydrogen) atoms. The van der Waals surface area contributed by atoms with Crippen molar-refractivity contribution < 1.29 is 12.8 Å². The molecule has 0 unspecified atom stereocenters. The minimum atomic E-state index is -3.72. The lowest BCUT2D eigenvalue weighted by Crippen LogP contribution is -2.49. The molecule has 0 spiro atoms. The fourth-order valence-electron chi connectivity index (χ4n) is 2.66. The molecule has 10 heteroatoms. The van der Waals surface area contributed by atoms with Gasteiger partial charge in [0.25, 0.3) is 0 Å². The third-order valence-electron chi connectivity index (χ3n) is 4.14. The monoisotopic (exact) mass is 399 g/mol. The van der Waals surface area contributed by atoms with E-state index in [9.17, 15) is 12.8 Å². The van der Waals surface area contributed by atoms with Crippen LogP contribution in [0.4, 0.5) is 16.2 Å². The van der Waals surface area contributed by atoms with E-state index < -0.39 is 15.8 Å². The zero-order valence-electron chi connectivity index (χ0n) is 14.4. The number of piperazine rings is 1. The summed E-state index contributed by atoms with van der Waals surface area (Å²) in [5.41, 5.74) is 0. The van der Waals surface area contributed by atoms with Crippen molar-refractivity contribution in [2.24, 2.45) is 0 Å². The van der Waals surface area contributed by atoms with E-state index in [1.165, 1.54) is 10.4 Å². The second kappa shape index (κ2) is 7.34. The Labute approximate surface area is 157 Å². The van der Waals surface area contributed by atoms with Gasteiger partial charge in [-0.25, -0.2) is 17.8 Å². The standard InChI is InChI=1S/C16H19ClFN5O2S/c1-21(2)15-5-6-19-16(20-15)22-7-9-23(10-8-22)26(24,25)12-3-4-14(18)13(17)11-12/h3-6,11H,7-10H2,1-2H3. The maximum absolute atomic E-state index is 13.3. The third-order valence-corrected chi connectivity index (χ3v) is 6.32. The Morgan fingerprint density at radius 3 is 2.46 bits per heavy atom. The van der Waals surface area contributed by atoms with Crippen molar-refractivity contribution in [2.45, 2.75) is 4.90 Å². The predicted octanol–water partition coefficient (Wildman–Crippen LogP) is 1.85. The van der Waals surface area contributed by atoms with Crippen LogP contribution in [-0.2, 0) is 10.0 Å². The van der Waals surface area contributed by atoms with E-state index in [0.29, 0.717) is 19.0 Å². The molecule has 0 bridgehead atoms. The molecule has 0 amide bonds. The first kappa shape index (κ1) is 18.8. The molecule has 1 aromatic carbocycles. The second-order valence-corrected chi connectivity index (χ2v) is 8.42. The van der Waals surface area contributed by atoms with Crippen molar-refractivity contribution in [3.63, 3.8) is 0 Å². The molecule has 1 fully saturated rings. The van der Waals surface area contributed by atoms with E-state index in [1.54, 1.807) is 6.20 Å². The summed E-state index contributed by atoms with van der Waals surface area (Å²) in [4.78, 5) is 12.6. The molecule has 3 rings (SSSR count). The van der Waals surface area contributed by atoms with Crippen LogP contribution in [0.25, 0.3) is 0 Å². The van der Waals surface area contributed by atoms with Crippen LogP contribution in [0.1, 0.15) is 0 Å². The van der Waals surface area contributed by atoms with Crippen molar-refractivity contribution in [3.05, 3.63) is 41.3 Å². The number of aromatic nitrogens is 2. The van der Waals surface area contributed by atoms with Gasteiger partial charge in [-0.3, -0.25) is 0 Å². The summed E-state index contributed by atoms with van der Waals surface area (Å²) in [6, 6.07) is 5.24. The number of halogens is 2. The molecular formula is C16H19ClFN5O2S. The Balaban J connectivity index is 1.73. The molecule has 7 nitrogen and oxygen atoms in total. The second-order valence-electron chi connectivity index (χ2n) is 6.08. The maximum Gasteiger partial charge on any atom is 0.243 e. The van der Waals surface area contributed by atoms with Crippen molar-refractivity contribution >= 4 is 33.4 Å². The van der Waals surface area contributed by atoms with Crippen LogP contribution in [0.3, 0.4) is 0 Å². The Kier molecular flexibility index (Phi) is 5.31. The number of anilines is 2. The minimum absolute atomic E-state index is 0.0109. The summed E-state index contributed by atoms with van der Waals surface area (Å²) in [6.45, 7) is 1.50. The largest absolute Gasteiger partial charge is 0.363 e. The smallest absolute Gasteiger partial charge is 0.243 e. The van der Waals surface area contributed by atoms with Crippen LogP contribution in [-0.4, -0.2) is 63.0 Å². The molecule has 0 radical (unpaired) electrons. The molecular weight excluding hydrogens is 381 g/mol. The predicted molar refractivity (Wildman–Crippen MR) is 98.7 cm³/mol. The zero-order valence-corrected chi connectivity index (χ0v) is 16.0. The minimum Gasteiger partial charge on any atom is -0.363 e. The fourth-order valence-corrected chi connectivity index (χ4v) is 4.35. The zero-order chi connectivity index (χ0) is 18.9. The Morgan fingerprint density at radius 1 is 1.15 bits per heavy atom. The van der Waals surface area contributed by atoms with E-state index in [-0.39, 0.29) is 23.0 Å². The highest BCUT2D eigenvalue weighted by molar-refractivity contribution is 7.89. The van der Waals surface area contributed by atoms with Crippen molar-refractivity contribution in [1.82, 2.24) is 14.3 Å². The van der Waals surface area contributed by atoms with E-state index in [4.69, 9.17) is 11.6 Å². The van der Waals surface area contributed by atoms with E-state index >= 15 is 0 Å². The average Bonchev–Trinajstić information content (AvgIpc) is 2.64. The van der Waals surface area contributed by atoms with Gasteiger partial charge in [-0.1, -0.05) is 11.6 Å². The number of sulfonamides is 1. The lowest BCUT2D eigenvalue weighted by atomic mass is 10.3. The van der Waals surface area contributed by atoms with E-state index in [0.717, 1.165) is 18.0 Å². The third kappa shape index (κ3) is 3.74. The van der Waals surface area contributed by atoms with E-state index in [1.807, 2.05) is 30.0 Å². The average molecular weight is 400 g/mol. The summed E-state index contributed by atoms with van der Waals surface area (Å²) >= 11 is 5.72. The molecule has 140 valence electrons. The van der Waals surface area contributed by atoms with Gasteiger partial charge in [0.2, 0.25) is 16.0 Å². The van der Waals surface area contributed by atoms with Gasteiger partial charge in [0.05, 0.1) is 9.92 Å². The van der Waals surface area contributed by atoms with Gasteiger partial charge < -0.3 is 9.80 Å². The molecule has 0 saturated carbocycles. The molecule has 2 heterocycles. The number of rotatable bonds is 4. The topological polar surface area (TPSA) is 69.6 Å². The van der Waals surface area contributed by atoms with Crippen LogP contribution in [0.15, 0.2) is 35.4 Å². The van der Waals surface area contributed by atoms with Crippen molar-refractivity contribution in [2.75, 3.05) is 50.1 Å². The maximum atomic E-state index is 13.3. The SMILES string of the molecule is CN(C)c1ccnc(N2CCN(S(=O)(=O)c3ccc(F)c(Cl)c3)CC2)n1. The highest BCUT2D eigenvalue weighted by atomic mass is 35.5. The van der Waals surface area contributed by atoms with Crippen LogP contribution < -0.4 is 9.80 Å². The lowest BCUT2D eigenvalue weighted by Gasteiger charge is -2.34. The summed E-state index contributed by atoms with van der Waals surface area (Å²) < 4.78 is 40.1. The van der Waals surface area contributed by atoms with Gasteiger partial charge in [0, 0.05) is 46.5 Å². The molecule has 1 aliphatic rings. The van der Waals surface area contributed by atoms with Gasteiger partial charge in [-0.05, 0) is 24.3 Å². The Bertz CT molecular complexity index is 901. The van der Waals surface area contributed by atoms with Crippen LogP contribution in [0.2, 0.25) is 5.02 Å². The first-order valence-electron chi connectivity index (χ1n) is 7.99. The Morgan fingerprint density at radius 2 is 1.85 bits per heavy atom. The number of hydrogen-bond acceptors (Lipinski definition) is 6. The summed E-state index contributed by atoms with van der Waals surface area (Å²) in [5.74, 6) is 0.706. The molecule has 0 atom stereocenters. The molecule has 1 saturated heterocycles. The van der Waals surface area contributed by atoms with Crippen LogP contribution >= 0.6 is 11.6 Å². The summed E-state index contributed by atoms with van der Waals surface area (Å²) in [7, 11) is 0.0646. The van der Waals surface area contributed by atoms with Crippen molar-refractivity contribution in [3.8, 4) is 0 Å². The van der Waals surface area contributed by atoms with E-state index in [2.05, 4.69) is 9.97 Å². The normalized spacial score (nSPS) is 15.9. The first-order chi connectivity index (χ1) is 12.3. The van der Waals surface area contributed by atoms with Gasteiger partial charge >= 0.3 is 0 Å². The first-order valence-corrected chi connectivity index (χ1v) is 9.81. The lowest BCUT2D eigenvalue weighted by molar-refractivity contribution is 0.382. The summed E-state index contributed by atoms with van der Waals surface area (Å²) in [6.07, 6.45) is 1.68. The molecule has 1 aromatic heterocycles. The molecule has 2 aromatic rings. The quantitative estimate of drug-likeness (QED) is 0.781. The van der Waals surface area contributed by atoms with Gasteiger partial charge in [0.1, 0.15) is 11.6 Å². The number of benzene rings is 1. The summed E-state index contributed by atoms with van der Waals surface area (Å²) in [5, 5.41) is -0.210. The van der Waals surface area contributed by atoms with Crippen LogP contribution in [0.5, 0.6) is 0 Å². The van der Waals surface area contributed by atoms with Gasteiger partial charge in [-0.15, -0.1) is 0 Å². The van der Waals surface area contributed by atoms with Gasteiger partial charge in [0.15, 0.2) is 0 Å². The highest BCUT2D eigenvalue weighted by Gasteiger charge is 2.29. The van der Waals surface area contributed by atoms with Crippen LogP contribution in [0, 0.1) is 5.82 Å². The molecule has 1 aliphatic heterocycles. The number of nitrogens with zero attached hydrogens (tertiary/aromatic N) is 5. The molecule has 0 aliphatic carbocycles.